The Labute approximate surface area is 90.8 Å². The first-order valence-corrected chi connectivity index (χ1v) is 5.10. The molecule has 0 saturated carbocycles. The Balaban J connectivity index is 2.60. The fourth-order valence-corrected chi connectivity index (χ4v) is 1.42. The number of hydrogen-bond donors (Lipinski definition) is 1. The minimum absolute atomic E-state index is 0.311. The van der Waals surface area contributed by atoms with Crippen LogP contribution in [0.4, 0.5) is 0 Å². The second kappa shape index (κ2) is 5.18. The van der Waals surface area contributed by atoms with Crippen molar-refractivity contribution < 1.29 is 0 Å². The lowest BCUT2D eigenvalue weighted by Crippen LogP contribution is -2.20. The molecule has 1 nitrogen and oxygen atoms in total. The second-order valence-electron chi connectivity index (χ2n) is 3.61. The molecule has 0 bridgehead atoms. The van der Waals surface area contributed by atoms with Crippen molar-refractivity contribution in [1.29, 1.82) is 0 Å². The molecule has 0 saturated heterocycles. The van der Waals surface area contributed by atoms with Gasteiger partial charge in [0.25, 0.3) is 0 Å². The summed E-state index contributed by atoms with van der Waals surface area (Å²) in [6, 6.07) is 8.22. The zero-order valence-corrected chi connectivity index (χ0v) is 9.43. The van der Waals surface area contributed by atoms with E-state index in [0.717, 1.165) is 17.1 Å². The molecule has 0 spiro atoms. The maximum absolute atomic E-state index is 5.91. The summed E-state index contributed by atoms with van der Waals surface area (Å²) in [6.45, 7) is 8.82. The van der Waals surface area contributed by atoms with Crippen LogP contribution in [0.3, 0.4) is 0 Å². The first kappa shape index (κ1) is 11.3. The van der Waals surface area contributed by atoms with Crippen molar-refractivity contribution in [2.24, 2.45) is 0 Å². The van der Waals surface area contributed by atoms with Gasteiger partial charge in [0.2, 0.25) is 0 Å². The predicted molar refractivity (Wildman–Crippen MR) is 62.7 cm³/mol. The van der Waals surface area contributed by atoms with Crippen molar-refractivity contribution in [3.05, 3.63) is 47.0 Å². The highest BCUT2D eigenvalue weighted by Crippen LogP contribution is 2.17. The third-order valence-electron chi connectivity index (χ3n) is 2.06. The molecule has 0 fully saturated rings. The van der Waals surface area contributed by atoms with Gasteiger partial charge in [-0.15, -0.1) is 0 Å². The van der Waals surface area contributed by atoms with E-state index in [4.69, 9.17) is 11.6 Å². The molecule has 1 aromatic carbocycles. The summed E-state index contributed by atoms with van der Waals surface area (Å²) >= 11 is 5.91. The van der Waals surface area contributed by atoms with Crippen LogP contribution in [-0.4, -0.2) is 6.54 Å². The Kier molecular flexibility index (Phi) is 4.18. The molecule has 14 heavy (non-hydrogen) atoms. The fraction of sp³-hybridized carbons (Fsp3) is 0.333. The van der Waals surface area contributed by atoms with Gasteiger partial charge in [0.05, 0.1) is 0 Å². The fourth-order valence-electron chi connectivity index (χ4n) is 1.22. The molecule has 1 aromatic rings. The van der Waals surface area contributed by atoms with Crippen LogP contribution < -0.4 is 5.32 Å². The highest BCUT2D eigenvalue weighted by atomic mass is 35.5. The molecule has 2 heteroatoms. The van der Waals surface area contributed by atoms with Crippen molar-refractivity contribution in [1.82, 2.24) is 5.32 Å². The number of nitrogens with one attached hydrogen (secondary N) is 1. The SMILES string of the molecule is C=C(C)CN[C@H](C)c1cccc(Cl)c1. The van der Waals surface area contributed by atoms with Gasteiger partial charge in [0.1, 0.15) is 0 Å². The van der Waals surface area contributed by atoms with Crippen LogP contribution in [0.2, 0.25) is 5.02 Å². The van der Waals surface area contributed by atoms with E-state index < -0.39 is 0 Å². The standard InChI is InChI=1S/C12H16ClN/c1-9(2)8-14-10(3)11-5-4-6-12(13)7-11/h4-7,10,14H,1,8H2,2-3H3/t10-/m1/s1. The Morgan fingerprint density at radius 3 is 2.86 bits per heavy atom. The second-order valence-corrected chi connectivity index (χ2v) is 4.05. The van der Waals surface area contributed by atoms with Gasteiger partial charge in [-0.05, 0) is 31.5 Å². The van der Waals surface area contributed by atoms with Crippen molar-refractivity contribution in [3.63, 3.8) is 0 Å². The molecule has 1 atom stereocenters. The summed E-state index contributed by atoms with van der Waals surface area (Å²) in [5, 5.41) is 4.15. The first-order valence-electron chi connectivity index (χ1n) is 4.73. The first-order chi connectivity index (χ1) is 6.59. The molecule has 0 aliphatic heterocycles. The zero-order valence-electron chi connectivity index (χ0n) is 8.68. The van der Waals surface area contributed by atoms with Gasteiger partial charge >= 0.3 is 0 Å². The highest BCUT2D eigenvalue weighted by Gasteiger charge is 2.03. The van der Waals surface area contributed by atoms with E-state index in [1.807, 2.05) is 25.1 Å². The summed E-state index contributed by atoms with van der Waals surface area (Å²) < 4.78 is 0. The van der Waals surface area contributed by atoms with E-state index in [0.29, 0.717) is 6.04 Å². The average molecular weight is 210 g/mol. The average Bonchev–Trinajstić information content (AvgIpc) is 2.14. The summed E-state index contributed by atoms with van der Waals surface area (Å²) in [5.41, 5.74) is 2.35. The smallest absolute Gasteiger partial charge is 0.0409 e. The van der Waals surface area contributed by atoms with Crippen LogP contribution >= 0.6 is 11.6 Å². The molecule has 1 N–H and O–H groups in total. The molecular formula is C12H16ClN. The lowest BCUT2D eigenvalue weighted by atomic mass is 10.1. The van der Waals surface area contributed by atoms with E-state index in [1.165, 1.54) is 5.56 Å². The largest absolute Gasteiger partial charge is 0.306 e. The van der Waals surface area contributed by atoms with Gasteiger partial charge < -0.3 is 5.32 Å². The van der Waals surface area contributed by atoms with Gasteiger partial charge in [0.15, 0.2) is 0 Å². The van der Waals surface area contributed by atoms with Crippen molar-refractivity contribution in [2.45, 2.75) is 19.9 Å². The maximum Gasteiger partial charge on any atom is 0.0409 e. The molecule has 0 amide bonds. The summed E-state index contributed by atoms with van der Waals surface area (Å²) in [5.74, 6) is 0. The topological polar surface area (TPSA) is 12.0 Å². The van der Waals surface area contributed by atoms with Gasteiger partial charge in [0, 0.05) is 17.6 Å². The van der Waals surface area contributed by atoms with E-state index in [-0.39, 0.29) is 0 Å². The van der Waals surface area contributed by atoms with Crippen molar-refractivity contribution >= 4 is 11.6 Å². The van der Waals surface area contributed by atoms with Gasteiger partial charge in [-0.2, -0.15) is 0 Å². The number of benzene rings is 1. The molecule has 1 rings (SSSR count). The van der Waals surface area contributed by atoms with Crippen LogP contribution in [0.15, 0.2) is 36.4 Å². The zero-order chi connectivity index (χ0) is 10.6. The van der Waals surface area contributed by atoms with Crippen LogP contribution in [0, 0.1) is 0 Å². The molecule has 0 radical (unpaired) electrons. The molecule has 0 aliphatic carbocycles. The Bertz CT molecular complexity index is 320. The molecule has 76 valence electrons. The third-order valence-corrected chi connectivity index (χ3v) is 2.29. The van der Waals surface area contributed by atoms with Crippen LogP contribution in [0.5, 0.6) is 0 Å². The van der Waals surface area contributed by atoms with Gasteiger partial charge in [-0.25, -0.2) is 0 Å². The lowest BCUT2D eigenvalue weighted by Gasteiger charge is -2.14. The Morgan fingerprint density at radius 2 is 2.29 bits per heavy atom. The van der Waals surface area contributed by atoms with Crippen molar-refractivity contribution in [2.75, 3.05) is 6.54 Å². The van der Waals surface area contributed by atoms with Crippen LogP contribution in [0.25, 0.3) is 0 Å². The van der Waals surface area contributed by atoms with E-state index in [2.05, 4.69) is 24.9 Å². The molecule has 0 aliphatic rings. The van der Waals surface area contributed by atoms with Crippen LogP contribution in [-0.2, 0) is 0 Å². The van der Waals surface area contributed by atoms with E-state index in [1.54, 1.807) is 0 Å². The molecule has 0 unspecified atom stereocenters. The molecule has 0 aromatic heterocycles. The molecular weight excluding hydrogens is 194 g/mol. The minimum atomic E-state index is 0.311. The van der Waals surface area contributed by atoms with E-state index in [9.17, 15) is 0 Å². The normalized spacial score (nSPS) is 12.5. The van der Waals surface area contributed by atoms with E-state index >= 15 is 0 Å². The summed E-state index contributed by atoms with van der Waals surface area (Å²) in [4.78, 5) is 0. The number of halogens is 1. The van der Waals surface area contributed by atoms with Gasteiger partial charge in [-0.1, -0.05) is 35.9 Å². The van der Waals surface area contributed by atoms with Crippen LogP contribution in [0.1, 0.15) is 25.5 Å². The predicted octanol–water partition coefficient (Wildman–Crippen LogP) is 3.57. The summed E-state index contributed by atoms with van der Waals surface area (Å²) in [7, 11) is 0. The summed E-state index contributed by atoms with van der Waals surface area (Å²) in [6.07, 6.45) is 0. The quantitative estimate of drug-likeness (QED) is 0.748. The highest BCUT2D eigenvalue weighted by molar-refractivity contribution is 6.30. The van der Waals surface area contributed by atoms with Crippen molar-refractivity contribution in [3.8, 4) is 0 Å². The Morgan fingerprint density at radius 1 is 1.57 bits per heavy atom. The van der Waals surface area contributed by atoms with Gasteiger partial charge in [-0.3, -0.25) is 0 Å². The maximum atomic E-state index is 5.91. The minimum Gasteiger partial charge on any atom is -0.306 e. The Hall–Kier alpha value is -0.790. The monoisotopic (exact) mass is 209 g/mol. The third kappa shape index (κ3) is 3.52. The molecule has 0 heterocycles. The number of rotatable bonds is 4. The number of hydrogen-bond acceptors (Lipinski definition) is 1. The lowest BCUT2D eigenvalue weighted by molar-refractivity contribution is 0.607.